The van der Waals surface area contributed by atoms with Crippen molar-refractivity contribution in [3.05, 3.63) is 69.0 Å². The quantitative estimate of drug-likeness (QED) is 0.697. The number of aromatic hydroxyl groups is 1. The summed E-state index contributed by atoms with van der Waals surface area (Å²) in [5.74, 6) is 5.30. The Bertz CT molecular complexity index is 1100. The van der Waals surface area contributed by atoms with Crippen LogP contribution in [0.2, 0.25) is 0 Å². The molecule has 6 heteroatoms. The van der Waals surface area contributed by atoms with Crippen molar-refractivity contribution >= 4 is 0 Å². The number of aromatic amines is 1. The standard InChI is InChI=1S/C21H20FN3O2/c1-4-6-14-9-13(3)18(15(5-2)10-14)19-20(26)24-25(21(19)27)12-17-8-7-16(22)11-23-17/h7-11,27H,5,12H2,1-3H3,(H,24,26). The Balaban J connectivity index is 2.10. The third-order valence-corrected chi connectivity index (χ3v) is 4.37. The van der Waals surface area contributed by atoms with Gasteiger partial charge in [-0.3, -0.25) is 14.9 Å². The molecule has 0 aliphatic rings. The summed E-state index contributed by atoms with van der Waals surface area (Å²) >= 11 is 0. The molecule has 0 fully saturated rings. The van der Waals surface area contributed by atoms with Crippen LogP contribution < -0.4 is 5.56 Å². The van der Waals surface area contributed by atoms with Gasteiger partial charge in [-0.15, -0.1) is 5.92 Å². The number of hydrogen-bond donors (Lipinski definition) is 2. The van der Waals surface area contributed by atoms with Gasteiger partial charge in [-0.1, -0.05) is 12.8 Å². The predicted molar refractivity (Wildman–Crippen MR) is 102 cm³/mol. The number of pyridine rings is 1. The molecule has 0 unspecified atom stereocenters. The topological polar surface area (TPSA) is 70.9 Å². The van der Waals surface area contributed by atoms with E-state index in [1.165, 1.54) is 16.8 Å². The van der Waals surface area contributed by atoms with Gasteiger partial charge in [-0.25, -0.2) is 9.07 Å². The molecule has 2 heterocycles. The molecule has 0 bridgehead atoms. The molecule has 1 aromatic carbocycles. The summed E-state index contributed by atoms with van der Waals surface area (Å²) in [6.45, 7) is 5.79. The van der Waals surface area contributed by atoms with Gasteiger partial charge in [-0.2, -0.15) is 0 Å². The van der Waals surface area contributed by atoms with Crippen LogP contribution in [0.4, 0.5) is 4.39 Å². The molecule has 0 amide bonds. The lowest BCUT2D eigenvalue weighted by molar-refractivity contribution is 0.409. The van der Waals surface area contributed by atoms with E-state index in [1.54, 1.807) is 6.92 Å². The van der Waals surface area contributed by atoms with Crippen LogP contribution in [0.3, 0.4) is 0 Å². The van der Waals surface area contributed by atoms with Gasteiger partial charge >= 0.3 is 0 Å². The van der Waals surface area contributed by atoms with Gasteiger partial charge in [0.25, 0.3) is 5.56 Å². The molecule has 0 saturated heterocycles. The third-order valence-electron chi connectivity index (χ3n) is 4.37. The van der Waals surface area contributed by atoms with Crippen molar-refractivity contribution in [2.75, 3.05) is 0 Å². The van der Waals surface area contributed by atoms with Crippen molar-refractivity contribution in [2.45, 2.75) is 33.7 Å². The number of benzene rings is 1. The van der Waals surface area contributed by atoms with Crippen molar-refractivity contribution in [3.63, 3.8) is 0 Å². The molecule has 2 N–H and O–H groups in total. The van der Waals surface area contributed by atoms with Gasteiger partial charge in [0, 0.05) is 5.56 Å². The van der Waals surface area contributed by atoms with Gasteiger partial charge in [-0.05, 0) is 61.2 Å². The van der Waals surface area contributed by atoms with Crippen LogP contribution in [-0.2, 0) is 13.0 Å². The monoisotopic (exact) mass is 365 g/mol. The molecule has 5 nitrogen and oxygen atoms in total. The van der Waals surface area contributed by atoms with Crippen molar-refractivity contribution in [1.82, 2.24) is 14.8 Å². The number of hydrogen-bond acceptors (Lipinski definition) is 3. The first-order chi connectivity index (χ1) is 12.9. The van der Waals surface area contributed by atoms with Crippen LogP contribution in [0.5, 0.6) is 5.88 Å². The summed E-state index contributed by atoms with van der Waals surface area (Å²) in [6, 6.07) is 6.64. The van der Waals surface area contributed by atoms with Crippen LogP contribution in [0.15, 0.2) is 35.3 Å². The molecule has 0 radical (unpaired) electrons. The van der Waals surface area contributed by atoms with E-state index >= 15 is 0 Å². The maximum absolute atomic E-state index is 13.0. The number of aromatic nitrogens is 3. The molecule has 0 saturated carbocycles. The largest absolute Gasteiger partial charge is 0.493 e. The molecule has 3 rings (SSSR count). The van der Waals surface area contributed by atoms with E-state index in [9.17, 15) is 14.3 Å². The molecular weight excluding hydrogens is 345 g/mol. The zero-order chi connectivity index (χ0) is 19.6. The average Bonchev–Trinajstić information content (AvgIpc) is 2.90. The number of nitrogens with zero attached hydrogens (tertiary/aromatic N) is 2. The number of halogens is 1. The lowest BCUT2D eigenvalue weighted by atomic mass is 9.93. The maximum atomic E-state index is 13.0. The first-order valence-electron chi connectivity index (χ1n) is 8.63. The number of H-pyrrole nitrogens is 1. The molecule has 0 spiro atoms. The fraction of sp³-hybridized carbons (Fsp3) is 0.238. The molecule has 27 heavy (non-hydrogen) atoms. The van der Waals surface area contributed by atoms with E-state index in [4.69, 9.17) is 0 Å². The Morgan fingerprint density at radius 1 is 1.30 bits per heavy atom. The van der Waals surface area contributed by atoms with Gasteiger partial charge in [0.05, 0.1) is 18.4 Å². The van der Waals surface area contributed by atoms with Crippen molar-refractivity contribution < 1.29 is 9.50 Å². The molecule has 0 atom stereocenters. The second-order valence-electron chi connectivity index (χ2n) is 6.25. The van der Waals surface area contributed by atoms with Gasteiger partial charge in [0.15, 0.2) is 0 Å². The summed E-state index contributed by atoms with van der Waals surface area (Å²) in [5.41, 5.74) is 3.75. The lowest BCUT2D eigenvalue weighted by Gasteiger charge is -2.12. The first kappa shape index (κ1) is 18.5. The van der Waals surface area contributed by atoms with Crippen LogP contribution in [0.1, 0.15) is 36.2 Å². The molecule has 138 valence electrons. The molecular formula is C21H20FN3O2. The van der Waals surface area contributed by atoms with E-state index < -0.39 is 5.82 Å². The highest BCUT2D eigenvalue weighted by Gasteiger charge is 2.21. The average molecular weight is 365 g/mol. The normalized spacial score (nSPS) is 10.5. The first-order valence-corrected chi connectivity index (χ1v) is 8.63. The second kappa shape index (κ2) is 7.50. The van der Waals surface area contributed by atoms with Crippen LogP contribution in [0, 0.1) is 24.6 Å². The molecule has 0 aliphatic carbocycles. The van der Waals surface area contributed by atoms with Crippen LogP contribution in [-0.4, -0.2) is 19.9 Å². The Hall–Kier alpha value is -3.33. The minimum absolute atomic E-state index is 0.126. The second-order valence-corrected chi connectivity index (χ2v) is 6.25. The fourth-order valence-electron chi connectivity index (χ4n) is 3.18. The summed E-state index contributed by atoms with van der Waals surface area (Å²) in [7, 11) is 0. The smallest absolute Gasteiger partial charge is 0.275 e. The fourth-order valence-corrected chi connectivity index (χ4v) is 3.18. The minimum Gasteiger partial charge on any atom is -0.493 e. The summed E-state index contributed by atoms with van der Waals surface area (Å²) < 4.78 is 14.3. The predicted octanol–water partition coefficient (Wildman–Crippen LogP) is 3.37. The van der Waals surface area contributed by atoms with Crippen LogP contribution in [0.25, 0.3) is 11.1 Å². The molecule has 2 aromatic heterocycles. The SMILES string of the molecule is CC#Cc1cc(C)c(-c2c(O)n(Cc3ccc(F)cn3)[nH]c2=O)c(CC)c1. The van der Waals surface area contributed by atoms with Gasteiger partial charge < -0.3 is 5.11 Å². The van der Waals surface area contributed by atoms with E-state index in [2.05, 4.69) is 21.9 Å². The maximum Gasteiger partial charge on any atom is 0.275 e. The Labute approximate surface area is 156 Å². The minimum atomic E-state index is -0.442. The Kier molecular flexibility index (Phi) is 5.13. The number of aryl methyl sites for hydroxylation is 2. The van der Waals surface area contributed by atoms with E-state index in [0.29, 0.717) is 17.7 Å². The number of rotatable bonds is 4. The highest BCUT2D eigenvalue weighted by atomic mass is 19.1. The van der Waals surface area contributed by atoms with Gasteiger partial charge in [0.2, 0.25) is 5.88 Å². The van der Waals surface area contributed by atoms with Crippen molar-refractivity contribution in [2.24, 2.45) is 0 Å². The highest BCUT2D eigenvalue weighted by molar-refractivity contribution is 5.75. The van der Waals surface area contributed by atoms with Gasteiger partial charge in [0.1, 0.15) is 11.4 Å². The summed E-state index contributed by atoms with van der Waals surface area (Å²) in [4.78, 5) is 16.6. The van der Waals surface area contributed by atoms with Crippen LogP contribution >= 0.6 is 0 Å². The molecule has 3 aromatic rings. The third kappa shape index (κ3) is 3.63. The lowest BCUT2D eigenvalue weighted by Crippen LogP contribution is -2.09. The van der Waals surface area contributed by atoms with E-state index in [1.807, 2.05) is 26.0 Å². The van der Waals surface area contributed by atoms with Crippen molar-refractivity contribution in [1.29, 1.82) is 0 Å². The number of nitrogens with one attached hydrogen (secondary N) is 1. The highest BCUT2D eigenvalue weighted by Crippen LogP contribution is 2.33. The summed E-state index contributed by atoms with van der Waals surface area (Å²) in [6.07, 6.45) is 1.79. The zero-order valence-electron chi connectivity index (χ0n) is 15.4. The van der Waals surface area contributed by atoms with Crippen molar-refractivity contribution in [3.8, 4) is 28.8 Å². The molecule has 0 aliphatic heterocycles. The zero-order valence-corrected chi connectivity index (χ0v) is 15.4. The Morgan fingerprint density at radius 3 is 2.70 bits per heavy atom. The Morgan fingerprint density at radius 2 is 2.07 bits per heavy atom. The van der Waals surface area contributed by atoms with E-state index in [0.717, 1.165) is 22.9 Å². The summed E-state index contributed by atoms with van der Waals surface area (Å²) in [5, 5.41) is 13.3. The van der Waals surface area contributed by atoms with E-state index in [-0.39, 0.29) is 23.5 Å².